The highest BCUT2D eigenvalue weighted by molar-refractivity contribution is 6.32. The third-order valence-electron chi connectivity index (χ3n) is 2.71. The molecule has 0 spiro atoms. The van der Waals surface area contributed by atoms with Gasteiger partial charge in [0.2, 0.25) is 0 Å². The maximum atomic E-state index is 12.1. The van der Waals surface area contributed by atoms with Gasteiger partial charge in [0.05, 0.1) is 16.4 Å². The first-order valence-electron chi connectivity index (χ1n) is 5.85. The van der Waals surface area contributed by atoms with Gasteiger partial charge in [-0.2, -0.15) is 0 Å². The van der Waals surface area contributed by atoms with Crippen LogP contribution in [-0.2, 0) is 6.42 Å². The molecule has 0 unspecified atom stereocenters. The minimum absolute atomic E-state index is 0.251. The SMILES string of the molecule is CC(C)Cc1[nH]n(-c2ccccc2Cl)c(=O)c1N. The van der Waals surface area contributed by atoms with Crippen LogP contribution in [0.5, 0.6) is 0 Å². The molecule has 2 aromatic rings. The second-order valence-corrected chi connectivity index (χ2v) is 5.10. The molecular formula is C13H16ClN3O. The van der Waals surface area contributed by atoms with Crippen LogP contribution in [0.15, 0.2) is 29.1 Å². The second kappa shape index (κ2) is 4.90. The fraction of sp³-hybridized carbons (Fsp3) is 0.308. The van der Waals surface area contributed by atoms with Gasteiger partial charge in [0.1, 0.15) is 5.69 Å². The van der Waals surface area contributed by atoms with E-state index in [1.165, 1.54) is 4.68 Å². The van der Waals surface area contributed by atoms with Gasteiger partial charge in [0.15, 0.2) is 0 Å². The van der Waals surface area contributed by atoms with Gasteiger partial charge in [-0.1, -0.05) is 37.6 Å². The smallest absolute Gasteiger partial charge is 0.294 e. The summed E-state index contributed by atoms with van der Waals surface area (Å²) in [5, 5.41) is 3.54. The van der Waals surface area contributed by atoms with Crippen molar-refractivity contribution in [2.45, 2.75) is 20.3 Å². The molecule has 5 heteroatoms. The van der Waals surface area contributed by atoms with E-state index in [2.05, 4.69) is 18.9 Å². The number of nitrogens with two attached hydrogens (primary N) is 1. The average molecular weight is 266 g/mol. The first kappa shape index (κ1) is 12.8. The summed E-state index contributed by atoms with van der Waals surface area (Å²) in [5.74, 6) is 0.421. The van der Waals surface area contributed by atoms with E-state index in [1.54, 1.807) is 12.1 Å². The molecule has 0 amide bonds. The van der Waals surface area contributed by atoms with E-state index in [1.807, 2.05) is 12.1 Å². The summed E-state index contributed by atoms with van der Waals surface area (Å²) in [6, 6.07) is 7.16. The van der Waals surface area contributed by atoms with Crippen LogP contribution in [0.25, 0.3) is 5.69 Å². The van der Waals surface area contributed by atoms with Crippen molar-refractivity contribution < 1.29 is 0 Å². The first-order valence-corrected chi connectivity index (χ1v) is 6.22. The molecule has 4 nitrogen and oxygen atoms in total. The summed E-state index contributed by atoms with van der Waals surface area (Å²) in [4.78, 5) is 12.1. The van der Waals surface area contributed by atoms with E-state index in [0.717, 1.165) is 12.1 Å². The first-order chi connectivity index (χ1) is 8.50. The molecule has 0 aliphatic carbocycles. The van der Waals surface area contributed by atoms with Crippen molar-refractivity contribution in [3.63, 3.8) is 0 Å². The monoisotopic (exact) mass is 265 g/mol. The quantitative estimate of drug-likeness (QED) is 0.896. The lowest BCUT2D eigenvalue weighted by Gasteiger charge is -2.05. The van der Waals surface area contributed by atoms with Crippen LogP contribution < -0.4 is 11.3 Å². The lowest BCUT2D eigenvalue weighted by atomic mass is 10.1. The fourth-order valence-electron chi connectivity index (χ4n) is 1.86. The molecule has 0 aliphatic heterocycles. The summed E-state index contributed by atoms with van der Waals surface area (Å²) in [6.07, 6.45) is 0.735. The molecule has 0 saturated carbocycles. The van der Waals surface area contributed by atoms with Crippen molar-refractivity contribution in [1.82, 2.24) is 9.78 Å². The number of benzene rings is 1. The van der Waals surface area contributed by atoms with Gasteiger partial charge in [0.25, 0.3) is 5.56 Å². The molecule has 2 rings (SSSR count). The molecule has 0 aliphatic rings. The van der Waals surface area contributed by atoms with E-state index in [9.17, 15) is 4.79 Å². The minimum atomic E-state index is -0.251. The zero-order chi connectivity index (χ0) is 13.3. The molecule has 0 radical (unpaired) electrons. The number of nitrogens with zero attached hydrogens (tertiary/aromatic N) is 1. The van der Waals surface area contributed by atoms with Gasteiger partial charge in [-0.15, -0.1) is 0 Å². The van der Waals surface area contributed by atoms with Gasteiger partial charge >= 0.3 is 0 Å². The predicted molar refractivity (Wildman–Crippen MR) is 74.4 cm³/mol. The molecule has 0 atom stereocenters. The molecule has 0 saturated heterocycles. The van der Waals surface area contributed by atoms with Crippen molar-refractivity contribution >= 4 is 17.3 Å². The summed E-state index contributed by atoms with van der Waals surface area (Å²) in [6.45, 7) is 4.15. The molecule has 1 heterocycles. The zero-order valence-electron chi connectivity index (χ0n) is 10.4. The highest BCUT2D eigenvalue weighted by Crippen LogP contribution is 2.19. The molecule has 1 aromatic carbocycles. The van der Waals surface area contributed by atoms with E-state index in [4.69, 9.17) is 17.3 Å². The number of H-pyrrole nitrogens is 1. The third-order valence-corrected chi connectivity index (χ3v) is 3.03. The Morgan fingerprint density at radius 2 is 2.06 bits per heavy atom. The van der Waals surface area contributed by atoms with Crippen molar-refractivity contribution in [2.24, 2.45) is 5.92 Å². The standard InChI is InChI=1S/C13H16ClN3O/c1-8(2)7-10-12(15)13(18)17(16-10)11-6-4-3-5-9(11)14/h3-6,8,16H,7,15H2,1-2H3. The number of nitrogens with one attached hydrogen (secondary N) is 1. The van der Waals surface area contributed by atoms with Crippen LogP contribution in [0.3, 0.4) is 0 Å². The van der Waals surface area contributed by atoms with E-state index >= 15 is 0 Å². The highest BCUT2D eigenvalue weighted by Gasteiger charge is 2.14. The predicted octanol–water partition coefficient (Wildman–Crippen LogP) is 2.60. The summed E-state index contributed by atoms with van der Waals surface area (Å²) >= 11 is 6.08. The van der Waals surface area contributed by atoms with Crippen LogP contribution >= 0.6 is 11.6 Å². The van der Waals surface area contributed by atoms with Crippen LogP contribution in [0.1, 0.15) is 19.5 Å². The number of aromatic nitrogens is 2. The molecule has 0 bridgehead atoms. The number of hydrogen-bond acceptors (Lipinski definition) is 2. The Hall–Kier alpha value is -1.68. The van der Waals surface area contributed by atoms with Gasteiger partial charge < -0.3 is 5.73 Å². The Balaban J connectivity index is 2.54. The Bertz CT molecular complexity index is 613. The van der Waals surface area contributed by atoms with Crippen LogP contribution in [0, 0.1) is 5.92 Å². The van der Waals surface area contributed by atoms with E-state index in [-0.39, 0.29) is 11.2 Å². The molecule has 0 fully saturated rings. The number of rotatable bonds is 3. The van der Waals surface area contributed by atoms with Crippen LogP contribution in [-0.4, -0.2) is 9.78 Å². The third kappa shape index (κ3) is 2.29. The number of aromatic amines is 1. The van der Waals surface area contributed by atoms with Crippen LogP contribution in [0.4, 0.5) is 5.69 Å². The highest BCUT2D eigenvalue weighted by atomic mass is 35.5. The van der Waals surface area contributed by atoms with E-state index < -0.39 is 0 Å². The lowest BCUT2D eigenvalue weighted by Crippen LogP contribution is -2.16. The Labute approximate surface area is 110 Å². The Kier molecular flexibility index (Phi) is 3.48. The Morgan fingerprint density at radius 1 is 1.39 bits per heavy atom. The fourth-order valence-corrected chi connectivity index (χ4v) is 2.08. The topological polar surface area (TPSA) is 63.8 Å². The lowest BCUT2D eigenvalue weighted by molar-refractivity contribution is 0.628. The van der Waals surface area contributed by atoms with Crippen molar-refractivity contribution in [1.29, 1.82) is 0 Å². The maximum Gasteiger partial charge on any atom is 0.294 e. The summed E-state index contributed by atoms with van der Waals surface area (Å²) < 4.78 is 1.40. The minimum Gasteiger partial charge on any atom is -0.393 e. The summed E-state index contributed by atoms with van der Waals surface area (Å²) in [7, 11) is 0. The maximum absolute atomic E-state index is 12.1. The number of para-hydroxylation sites is 1. The normalized spacial score (nSPS) is 11.1. The van der Waals surface area contributed by atoms with Gasteiger partial charge in [-0.25, -0.2) is 4.68 Å². The Morgan fingerprint density at radius 3 is 2.67 bits per heavy atom. The van der Waals surface area contributed by atoms with Gasteiger partial charge in [0, 0.05) is 0 Å². The molecule has 1 aromatic heterocycles. The molecule has 96 valence electrons. The number of halogens is 1. The van der Waals surface area contributed by atoms with Gasteiger partial charge in [-0.05, 0) is 24.5 Å². The largest absolute Gasteiger partial charge is 0.393 e. The number of anilines is 1. The van der Waals surface area contributed by atoms with Crippen LogP contribution in [0.2, 0.25) is 5.02 Å². The van der Waals surface area contributed by atoms with Crippen molar-refractivity contribution in [3.05, 3.63) is 45.3 Å². The average Bonchev–Trinajstić information content (AvgIpc) is 2.58. The second-order valence-electron chi connectivity index (χ2n) is 4.69. The van der Waals surface area contributed by atoms with E-state index in [0.29, 0.717) is 16.6 Å². The van der Waals surface area contributed by atoms with Gasteiger partial charge in [-0.3, -0.25) is 9.89 Å². The summed E-state index contributed by atoms with van der Waals surface area (Å²) in [5.41, 5.74) is 7.22. The molecule has 18 heavy (non-hydrogen) atoms. The number of hydrogen-bond donors (Lipinski definition) is 2. The van der Waals surface area contributed by atoms with Crippen molar-refractivity contribution in [2.75, 3.05) is 5.73 Å². The van der Waals surface area contributed by atoms with Crippen molar-refractivity contribution in [3.8, 4) is 5.69 Å². The zero-order valence-corrected chi connectivity index (χ0v) is 11.2. The number of nitrogen functional groups attached to an aromatic ring is 1. The molecular weight excluding hydrogens is 250 g/mol. The molecule has 3 N–H and O–H groups in total.